The van der Waals surface area contributed by atoms with Gasteiger partial charge in [0, 0.05) is 11.6 Å². The van der Waals surface area contributed by atoms with Gasteiger partial charge in [-0.3, -0.25) is 0 Å². The fraction of sp³-hybridized carbons (Fsp3) is 0.211. The summed E-state index contributed by atoms with van der Waals surface area (Å²) in [6, 6.07) is 15.7. The minimum Gasteiger partial charge on any atom is -0.496 e. The number of ether oxygens (including phenoxy) is 2. The highest BCUT2D eigenvalue weighted by atomic mass is 16.5. The molecule has 0 saturated heterocycles. The molecule has 0 aliphatic rings. The molecule has 3 heteroatoms. The van der Waals surface area contributed by atoms with Crippen LogP contribution in [0.15, 0.2) is 54.6 Å². The number of para-hydroxylation sites is 1. The predicted octanol–water partition coefficient (Wildman–Crippen LogP) is 4.00. The minimum absolute atomic E-state index is 0.350. The van der Waals surface area contributed by atoms with E-state index in [0.29, 0.717) is 6.61 Å². The summed E-state index contributed by atoms with van der Waals surface area (Å²) in [4.78, 5) is 11.9. The molecule has 22 heavy (non-hydrogen) atoms. The van der Waals surface area contributed by atoms with Crippen LogP contribution in [-0.2, 0) is 9.53 Å². The molecule has 0 fully saturated rings. The molecule has 3 nitrogen and oxygen atoms in total. The van der Waals surface area contributed by atoms with E-state index in [1.807, 2.05) is 55.5 Å². The van der Waals surface area contributed by atoms with Crippen LogP contribution in [-0.4, -0.2) is 19.7 Å². The van der Waals surface area contributed by atoms with Crippen LogP contribution in [0.3, 0.4) is 0 Å². The fourth-order valence-corrected chi connectivity index (χ4v) is 2.22. The zero-order valence-corrected chi connectivity index (χ0v) is 13.1. The van der Waals surface area contributed by atoms with Crippen LogP contribution < -0.4 is 4.74 Å². The van der Waals surface area contributed by atoms with Crippen molar-refractivity contribution in [2.24, 2.45) is 0 Å². The van der Waals surface area contributed by atoms with Crippen LogP contribution >= 0.6 is 0 Å². The van der Waals surface area contributed by atoms with E-state index in [2.05, 4.69) is 0 Å². The lowest BCUT2D eigenvalue weighted by Crippen LogP contribution is -2.02. The number of methoxy groups -OCH3 is 1. The van der Waals surface area contributed by atoms with Crippen molar-refractivity contribution < 1.29 is 14.3 Å². The lowest BCUT2D eigenvalue weighted by Gasteiger charge is -2.13. The molecular formula is C19H20O3. The van der Waals surface area contributed by atoms with Crippen molar-refractivity contribution in [1.29, 1.82) is 0 Å². The first-order valence-electron chi connectivity index (χ1n) is 7.24. The molecule has 0 aliphatic heterocycles. The van der Waals surface area contributed by atoms with Crippen molar-refractivity contribution in [3.05, 3.63) is 71.3 Å². The van der Waals surface area contributed by atoms with Gasteiger partial charge in [0.2, 0.25) is 0 Å². The van der Waals surface area contributed by atoms with Crippen LogP contribution in [0.1, 0.15) is 23.6 Å². The molecule has 114 valence electrons. The van der Waals surface area contributed by atoms with E-state index in [-0.39, 0.29) is 5.97 Å². The Morgan fingerprint density at radius 2 is 1.77 bits per heavy atom. The van der Waals surface area contributed by atoms with E-state index in [4.69, 9.17) is 9.47 Å². The SMILES string of the molecule is CCOC(=O)/C=C(\c1ccc(C)cc1)c1ccccc1OC. The molecule has 2 aromatic rings. The first-order chi connectivity index (χ1) is 10.7. The first kappa shape index (κ1) is 15.8. The number of aryl methyl sites for hydroxylation is 1. The van der Waals surface area contributed by atoms with E-state index in [0.717, 1.165) is 22.4 Å². The Morgan fingerprint density at radius 3 is 2.41 bits per heavy atom. The van der Waals surface area contributed by atoms with Gasteiger partial charge < -0.3 is 9.47 Å². The van der Waals surface area contributed by atoms with Crippen molar-refractivity contribution in [2.45, 2.75) is 13.8 Å². The summed E-state index contributed by atoms with van der Waals surface area (Å²) in [5.74, 6) is 0.364. The van der Waals surface area contributed by atoms with Gasteiger partial charge in [0.25, 0.3) is 0 Å². The number of rotatable bonds is 5. The summed E-state index contributed by atoms with van der Waals surface area (Å²) in [5, 5.41) is 0. The van der Waals surface area contributed by atoms with Gasteiger partial charge in [-0.15, -0.1) is 0 Å². The topological polar surface area (TPSA) is 35.5 Å². The average molecular weight is 296 g/mol. The molecule has 0 radical (unpaired) electrons. The summed E-state index contributed by atoms with van der Waals surface area (Å²) >= 11 is 0. The summed E-state index contributed by atoms with van der Waals surface area (Å²) in [6.07, 6.45) is 1.52. The zero-order valence-electron chi connectivity index (χ0n) is 13.1. The number of carbonyl (C=O) groups excluding carboxylic acids is 1. The second-order valence-electron chi connectivity index (χ2n) is 4.88. The maximum absolute atomic E-state index is 11.9. The lowest BCUT2D eigenvalue weighted by atomic mass is 9.96. The molecule has 0 aliphatic carbocycles. The number of esters is 1. The number of carbonyl (C=O) groups is 1. The van der Waals surface area contributed by atoms with E-state index >= 15 is 0 Å². The standard InChI is InChI=1S/C19H20O3/c1-4-22-19(20)13-17(15-11-9-14(2)10-12-15)16-7-5-6-8-18(16)21-3/h5-13H,4H2,1-3H3/b17-13+. The van der Waals surface area contributed by atoms with Crippen LogP contribution in [0.4, 0.5) is 0 Å². The Hall–Kier alpha value is -2.55. The molecule has 0 unspecified atom stereocenters. The van der Waals surface area contributed by atoms with E-state index in [1.165, 1.54) is 11.6 Å². The summed E-state index contributed by atoms with van der Waals surface area (Å²) in [7, 11) is 1.62. The van der Waals surface area contributed by atoms with Gasteiger partial charge >= 0.3 is 5.97 Å². The highest BCUT2D eigenvalue weighted by molar-refractivity contribution is 5.97. The van der Waals surface area contributed by atoms with Crippen molar-refractivity contribution in [2.75, 3.05) is 13.7 Å². The number of hydrogen-bond donors (Lipinski definition) is 0. The molecule has 2 aromatic carbocycles. The lowest BCUT2D eigenvalue weighted by molar-refractivity contribution is -0.137. The Balaban J connectivity index is 2.55. The van der Waals surface area contributed by atoms with Gasteiger partial charge in [-0.1, -0.05) is 48.0 Å². The molecule has 0 bridgehead atoms. The molecule has 0 aromatic heterocycles. The Morgan fingerprint density at radius 1 is 1.09 bits per heavy atom. The van der Waals surface area contributed by atoms with Gasteiger partial charge in [0.15, 0.2) is 0 Å². The quantitative estimate of drug-likeness (QED) is 0.618. The monoisotopic (exact) mass is 296 g/mol. The molecule has 2 rings (SSSR count). The van der Waals surface area contributed by atoms with Crippen LogP contribution in [0.25, 0.3) is 5.57 Å². The number of hydrogen-bond acceptors (Lipinski definition) is 3. The fourth-order valence-electron chi connectivity index (χ4n) is 2.22. The van der Waals surface area contributed by atoms with Crippen LogP contribution in [0.5, 0.6) is 5.75 Å². The molecular weight excluding hydrogens is 276 g/mol. The summed E-state index contributed by atoms with van der Waals surface area (Å²) < 4.78 is 10.5. The van der Waals surface area contributed by atoms with Gasteiger partial charge in [-0.25, -0.2) is 4.79 Å². The largest absolute Gasteiger partial charge is 0.496 e. The molecule has 0 atom stereocenters. The van der Waals surface area contributed by atoms with Gasteiger partial charge in [-0.2, -0.15) is 0 Å². The molecule has 0 spiro atoms. The highest BCUT2D eigenvalue weighted by Gasteiger charge is 2.12. The molecule has 0 heterocycles. The summed E-state index contributed by atoms with van der Waals surface area (Å²) in [6.45, 7) is 4.17. The molecule has 0 amide bonds. The van der Waals surface area contributed by atoms with E-state index in [1.54, 1.807) is 14.0 Å². The van der Waals surface area contributed by atoms with Gasteiger partial charge in [-0.05, 0) is 31.1 Å². The third-order valence-electron chi connectivity index (χ3n) is 3.31. The average Bonchev–Trinajstić information content (AvgIpc) is 2.54. The molecule has 0 saturated carbocycles. The first-order valence-corrected chi connectivity index (χ1v) is 7.24. The van der Waals surface area contributed by atoms with E-state index in [9.17, 15) is 4.79 Å². The number of benzene rings is 2. The highest BCUT2D eigenvalue weighted by Crippen LogP contribution is 2.31. The Kier molecular flexibility index (Phi) is 5.37. The Labute approximate surface area is 131 Å². The van der Waals surface area contributed by atoms with Crippen molar-refractivity contribution in [3.8, 4) is 5.75 Å². The van der Waals surface area contributed by atoms with Crippen LogP contribution in [0, 0.1) is 6.92 Å². The van der Waals surface area contributed by atoms with Gasteiger partial charge in [0.1, 0.15) is 5.75 Å². The second-order valence-corrected chi connectivity index (χ2v) is 4.88. The maximum atomic E-state index is 11.9. The third kappa shape index (κ3) is 3.76. The van der Waals surface area contributed by atoms with E-state index < -0.39 is 0 Å². The third-order valence-corrected chi connectivity index (χ3v) is 3.31. The van der Waals surface area contributed by atoms with Crippen LogP contribution in [0.2, 0.25) is 0 Å². The van der Waals surface area contributed by atoms with Gasteiger partial charge in [0.05, 0.1) is 13.7 Å². The van der Waals surface area contributed by atoms with Crippen molar-refractivity contribution in [1.82, 2.24) is 0 Å². The maximum Gasteiger partial charge on any atom is 0.331 e. The normalized spacial score (nSPS) is 11.1. The minimum atomic E-state index is -0.357. The molecule has 0 N–H and O–H groups in total. The van der Waals surface area contributed by atoms with Crippen molar-refractivity contribution in [3.63, 3.8) is 0 Å². The zero-order chi connectivity index (χ0) is 15.9. The summed E-state index contributed by atoms with van der Waals surface area (Å²) in [5.41, 5.74) is 3.76. The van der Waals surface area contributed by atoms with Crippen molar-refractivity contribution >= 4 is 11.5 Å². The smallest absolute Gasteiger partial charge is 0.331 e. The second kappa shape index (κ2) is 7.46. The predicted molar refractivity (Wildman–Crippen MR) is 87.9 cm³/mol. The Bertz CT molecular complexity index is 669.